The third-order valence-electron chi connectivity index (χ3n) is 6.32. The molecule has 3 aliphatic heterocycles. The maximum atomic E-state index is 6.65. The van der Waals surface area contributed by atoms with Gasteiger partial charge in [0.25, 0.3) is 0 Å². The molecule has 0 radical (unpaired) electrons. The van der Waals surface area contributed by atoms with Crippen molar-refractivity contribution < 1.29 is 9.64 Å². The molecule has 0 aromatic heterocycles. The van der Waals surface area contributed by atoms with E-state index in [2.05, 4.69) is 48.3 Å². The highest BCUT2D eigenvalue weighted by Crippen LogP contribution is 2.49. The number of nitrogens with zero attached hydrogens (tertiary/aromatic N) is 2. The number of nitrogens with one attached hydrogen (secondary N) is 1. The van der Waals surface area contributed by atoms with Gasteiger partial charge in [-0.1, -0.05) is 41.9 Å². The lowest BCUT2D eigenvalue weighted by molar-refractivity contribution is -0.906. The fourth-order valence-electron chi connectivity index (χ4n) is 4.72. The predicted molar refractivity (Wildman–Crippen MR) is 107 cm³/mol. The Balaban J connectivity index is 1.54. The van der Waals surface area contributed by atoms with E-state index in [1.54, 1.807) is 4.90 Å². The second-order valence-electron chi connectivity index (χ2n) is 7.81. The van der Waals surface area contributed by atoms with Crippen LogP contribution in [-0.4, -0.2) is 36.1 Å². The summed E-state index contributed by atoms with van der Waals surface area (Å²) >= 11 is 6.08. The minimum atomic E-state index is -0.314. The highest BCUT2D eigenvalue weighted by molar-refractivity contribution is 6.30. The Morgan fingerprint density at radius 2 is 1.89 bits per heavy atom. The van der Waals surface area contributed by atoms with Crippen molar-refractivity contribution in [3.8, 4) is 5.75 Å². The summed E-state index contributed by atoms with van der Waals surface area (Å²) in [4.78, 5) is 1.65. The van der Waals surface area contributed by atoms with Gasteiger partial charge < -0.3 is 9.64 Å². The topological polar surface area (TPSA) is 29.3 Å². The third-order valence-corrected chi connectivity index (χ3v) is 6.57. The molecule has 140 valence electrons. The first-order valence-electron chi connectivity index (χ1n) is 9.93. The van der Waals surface area contributed by atoms with Crippen LogP contribution in [0.15, 0.2) is 53.6 Å². The molecule has 3 heterocycles. The number of hydrazone groups is 1. The number of benzene rings is 2. The molecule has 1 fully saturated rings. The van der Waals surface area contributed by atoms with E-state index in [0.29, 0.717) is 0 Å². The highest BCUT2D eigenvalue weighted by atomic mass is 35.5. The summed E-state index contributed by atoms with van der Waals surface area (Å²) < 4.78 is 6.65. The smallest absolute Gasteiger partial charge is 0.208 e. The van der Waals surface area contributed by atoms with Crippen LogP contribution in [-0.2, 0) is 0 Å². The fourth-order valence-corrected chi connectivity index (χ4v) is 4.85. The van der Waals surface area contributed by atoms with Gasteiger partial charge in [0.2, 0.25) is 5.72 Å². The van der Waals surface area contributed by atoms with Crippen LogP contribution in [0.1, 0.15) is 43.4 Å². The van der Waals surface area contributed by atoms with Gasteiger partial charge in [-0.3, -0.25) is 0 Å². The molecule has 5 heteroatoms. The lowest BCUT2D eigenvalue weighted by Crippen LogP contribution is -3.13. The van der Waals surface area contributed by atoms with E-state index < -0.39 is 0 Å². The van der Waals surface area contributed by atoms with Crippen molar-refractivity contribution in [1.29, 1.82) is 0 Å². The molecule has 0 amide bonds. The molecular formula is C22H25ClN3O+. The van der Waals surface area contributed by atoms with Crippen LogP contribution in [0.2, 0.25) is 5.02 Å². The minimum absolute atomic E-state index is 0.254. The molecule has 0 saturated carbocycles. The zero-order valence-electron chi connectivity index (χ0n) is 15.6. The number of para-hydroxylation sites is 1. The number of likely N-dealkylation sites (tertiary alicyclic amines) is 1. The van der Waals surface area contributed by atoms with E-state index in [1.165, 1.54) is 12.1 Å². The van der Waals surface area contributed by atoms with E-state index in [9.17, 15) is 0 Å². The Kier molecular flexibility index (Phi) is 4.14. The van der Waals surface area contributed by atoms with Gasteiger partial charge >= 0.3 is 0 Å². The summed E-state index contributed by atoms with van der Waals surface area (Å²) in [6, 6.07) is 16.8. The van der Waals surface area contributed by atoms with Crippen LogP contribution in [0, 0.1) is 0 Å². The molecule has 2 aromatic carbocycles. The number of rotatable bonds is 2. The van der Waals surface area contributed by atoms with Crippen molar-refractivity contribution in [2.24, 2.45) is 5.10 Å². The van der Waals surface area contributed by atoms with E-state index >= 15 is 0 Å². The summed E-state index contributed by atoms with van der Waals surface area (Å²) in [5, 5.41) is 8.15. The van der Waals surface area contributed by atoms with Gasteiger partial charge in [-0.05, 0) is 30.7 Å². The Morgan fingerprint density at radius 3 is 2.63 bits per heavy atom. The molecule has 0 bridgehead atoms. The first kappa shape index (κ1) is 17.1. The predicted octanol–water partition coefficient (Wildman–Crippen LogP) is 3.28. The minimum Gasteiger partial charge on any atom is -0.466 e. The maximum Gasteiger partial charge on any atom is 0.208 e. The average Bonchev–Trinajstić information content (AvgIpc) is 3.16. The number of hydrogen-bond acceptors (Lipinski definition) is 3. The second kappa shape index (κ2) is 6.54. The third kappa shape index (κ3) is 2.82. The Bertz CT molecular complexity index is 871. The van der Waals surface area contributed by atoms with Crippen molar-refractivity contribution >= 4 is 17.3 Å². The summed E-state index contributed by atoms with van der Waals surface area (Å²) in [5.74, 6) is 1.03. The Labute approximate surface area is 165 Å². The standard InChI is InChI=1S/C22H24ClN3O/c1-2-25-13-11-22(12-14-25)26-20(18-5-3-4-6-21(18)27-22)15-19(24-26)16-7-9-17(23)10-8-16/h3-10,20H,2,11-15H2,1H3/p+1/t20-/m1/s1. The molecule has 5 rings (SSSR count). The van der Waals surface area contributed by atoms with Crippen LogP contribution >= 0.6 is 11.6 Å². The molecule has 0 unspecified atom stereocenters. The van der Waals surface area contributed by atoms with E-state index in [-0.39, 0.29) is 11.8 Å². The second-order valence-corrected chi connectivity index (χ2v) is 8.24. The number of fused-ring (bicyclic) bond motifs is 4. The van der Waals surface area contributed by atoms with Crippen molar-refractivity contribution in [3.05, 3.63) is 64.7 Å². The lowest BCUT2D eigenvalue weighted by atomic mass is 9.91. The average molecular weight is 383 g/mol. The number of hydrogen-bond donors (Lipinski definition) is 1. The largest absolute Gasteiger partial charge is 0.466 e. The molecule has 27 heavy (non-hydrogen) atoms. The van der Waals surface area contributed by atoms with Gasteiger partial charge in [-0.25, -0.2) is 5.01 Å². The first-order valence-corrected chi connectivity index (χ1v) is 10.3. The van der Waals surface area contributed by atoms with Gasteiger partial charge in [0, 0.05) is 17.0 Å². The van der Waals surface area contributed by atoms with Gasteiger partial charge in [-0.2, -0.15) is 5.10 Å². The summed E-state index contributed by atoms with van der Waals surface area (Å²) in [6.07, 6.45) is 2.94. The SMILES string of the molecule is CC[NH+]1CCC2(CC1)Oc1ccccc1[C@H]1CC(c3ccc(Cl)cc3)=NN12. The Morgan fingerprint density at radius 1 is 1.15 bits per heavy atom. The fraction of sp³-hybridized carbons (Fsp3) is 0.409. The molecule has 1 N–H and O–H groups in total. The van der Waals surface area contributed by atoms with Crippen LogP contribution in [0.25, 0.3) is 0 Å². The van der Waals surface area contributed by atoms with Crippen molar-refractivity contribution in [3.63, 3.8) is 0 Å². The summed E-state index contributed by atoms with van der Waals surface area (Å²) in [7, 11) is 0. The molecule has 0 aliphatic carbocycles. The van der Waals surface area contributed by atoms with Gasteiger partial charge in [0.15, 0.2) is 0 Å². The van der Waals surface area contributed by atoms with Gasteiger partial charge in [0.1, 0.15) is 5.75 Å². The van der Waals surface area contributed by atoms with E-state index in [0.717, 1.165) is 54.4 Å². The number of ether oxygens (including phenoxy) is 1. The maximum absolute atomic E-state index is 6.65. The summed E-state index contributed by atoms with van der Waals surface area (Å²) in [6.45, 7) is 5.70. The van der Waals surface area contributed by atoms with E-state index in [4.69, 9.17) is 21.4 Å². The van der Waals surface area contributed by atoms with Gasteiger partial charge in [0.05, 0.1) is 44.2 Å². The zero-order valence-corrected chi connectivity index (χ0v) is 16.4. The van der Waals surface area contributed by atoms with Crippen LogP contribution in [0.5, 0.6) is 5.75 Å². The Hall–Kier alpha value is -2.04. The number of quaternary nitrogens is 1. The zero-order chi connectivity index (χ0) is 18.4. The number of halogens is 1. The molecule has 1 saturated heterocycles. The van der Waals surface area contributed by atoms with Crippen LogP contribution in [0.4, 0.5) is 0 Å². The molecular weight excluding hydrogens is 358 g/mol. The monoisotopic (exact) mass is 382 g/mol. The van der Waals surface area contributed by atoms with Crippen LogP contribution < -0.4 is 9.64 Å². The van der Waals surface area contributed by atoms with Crippen LogP contribution in [0.3, 0.4) is 0 Å². The highest BCUT2D eigenvalue weighted by Gasteiger charge is 2.52. The molecule has 4 nitrogen and oxygen atoms in total. The summed E-state index contributed by atoms with van der Waals surface area (Å²) in [5.41, 5.74) is 3.21. The van der Waals surface area contributed by atoms with Crippen molar-refractivity contribution in [2.75, 3.05) is 19.6 Å². The van der Waals surface area contributed by atoms with Crippen molar-refractivity contribution in [1.82, 2.24) is 5.01 Å². The van der Waals surface area contributed by atoms with E-state index in [1.807, 2.05) is 12.1 Å². The molecule has 3 aliphatic rings. The molecule has 1 spiro atoms. The quantitative estimate of drug-likeness (QED) is 0.863. The first-order chi connectivity index (χ1) is 13.2. The van der Waals surface area contributed by atoms with Crippen molar-refractivity contribution in [2.45, 2.75) is 38.0 Å². The molecule has 1 atom stereocenters. The van der Waals surface area contributed by atoms with Gasteiger partial charge in [-0.15, -0.1) is 0 Å². The molecule has 2 aromatic rings. The number of piperidine rings is 1. The normalized spacial score (nSPS) is 29.1. The lowest BCUT2D eigenvalue weighted by Gasteiger charge is -2.50.